The number of rotatable bonds is 4. The molecular weight excluding hydrogens is 338 g/mol. The zero-order valence-corrected chi connectivity index (χ0v) is 14.0. The second-order valence-corrected chi connectivity index (χ2v) is 7.02. The van der Waals surface area contributed by atoms with Crippen molar-refractivity contribution >= 4 is 40.2 Å². The minimum absolute atomic E-state index is 0.0459. The van der Waals surface area contributed by atoms with Crippen molar-refractivity contribution in [2.24, 2.45) is 0 Å². The van der Waals surface area contributed by atoms with Gasteiger partial charge in [-0.2, -0.15) is 0 Å². The Morgan fingerprint density at radius 2 is 2.00 bits per heavy atom. The quantitative estimate of drug-likeness (QED) is 0.759. The van der Waals surface area contributed by atoms with Crippen molar-refractivity contribution < 1.29 is 4.79 Å². The normalized spacial score (nSPS) is 12.1. The zero-order valence-electron chi connectivity index (χ0n) is 11.6. The Morgan fingerprint density at radius 1 is 1.23 bits per heavy atom. The van der Waals surface area contributed by atoms with Crippen molar-refractivity contribution in [2.75, 3.05) is 0 Å². The number of hydrogen-bond donors (Lipinski definition) is 1. The van der Waals surface area contributed by atoms with E-state index in [1.807, 2.05) is 36.6 Å². The fourth-order valence-corrected chi connectivity index (χ4v) is 3.50. The maximum Gasteiger partial charge on any atom is 0.282 e. The predicted octanol–water partition coefficient (Wildman–Crippen LogP) is 4.41. The molecule has 2 heterocycles. The van der Waals surface area contributed by atoms with Crippen molar-refractivity contribution in [1.82, 2.24) is 15.5 Å². The average molecular weight is 350 g/mol. The van der Waals surface area contributed by atoms with Gasteiger partial charge in [0.05, 0.1) is 6.04 Å². The van der Waals surface area contributed by atoms with Crippen molar-refractivity contribution in [3.8, 4) is 10.6 Å². The second kappa shape index (κ2) is 6.56. The van der Waals surface area contributed by atoms with Crippen molar-refractivity contribution in [1.29, 1.82) is 0 Å². The van der Waals surface area contributed by atoms with E-state index in [2.05, 4.69) is 15.5 Å². The lowest BCUT2D eigenvalue weighted by molar-refractivity contribution is 0.0939. The van der Waals surface area contributed by atoms with Crippen molar-refractivity contribution in [2.45, 2.75) is 13.0 Å². The van der Waals surface area contributed by atoms with Gasteiger partial charge in [0, 0.05) is 15.5 Å². The first-order valence-electron chi connectivity index (χ1n) is 6.57. The Balaban J connectivity index is 1.73. The van der Waals surface area contributed by atoms with Crippen LogP contribution in [0.1, 0.15) is 27.6 Å². The monoisotopic (exact) mass is 349 g/mol. The van der Waals surface area contributed by atoms with E-state index in [9.17, 15) is 4.79 Å². The van der Waals surface area contributed by atoms with Crippen LogP contribution >= 0.6 is 34.3 Å². The number of hydrogen-bond acceptors (Lipinski definition) is 5. The molecule has 0 aliphatic rings. The molecule has 112 valence electrons. The second-order valence-electron chi connectivity index (χ2n) is 4.63. The molecule has 0 bridgehead atoms. The molecule has 0 aliphatic carbocycles. The first-order chi connectivity index (χ1) is 10.6. The number of nitrogens with one attached hydrogen (secondary N) is 1. The highest BCUT2D eigenvalue weighted by Crippen LogP contribution is 2.25. The fourth-order valence-electron chi connectivity index (χ4n) is 1.89. The van der Waals surface area contributed by atoms with Gasteiger partial charge in [-0.05, 0) is 30.5 Å². The van der Waals surface area contributed by atoms with Crippen molar-refractivity contribution in [3.63, 3.8) is 0 Å². The third-order valence-corrected chi connectivity index (χ3v) is 5.31. The van der Waals surface area contributed by atoms with E-state index >= 15 is 0 Å². The number of carbonyl (C=O) groups excluding carboxylic acids is 1. The molecule has 22 heavy (non-hydrogen) atoms. The van der Waals surface area contributed by atoms with Gasteiger partial charge in [0.15, 0.2) is 0 Å². The molecule has 0 spiro atoms. The molecule has 0 unspecified atom stereocenters. The van der Waals surface area contributed by atoms with Crippen LogP contribution in [0.5, 0.6) is 0 Å². The summed E-state index contributed by atoms with van der Waals surface area (Å²) in [6, 6.07) is 11.2. The molecule has 3 rings (SSSR count). The SMILES string of the molecule is C[C@@H](NC(=O)c1nnc(-c2ccc(Cl)cc2)s1)c1cccs1. The van der Waals surface area contributed by atoms with E-state index in [0.29, 0.717) is 15.0 Å². The van der Waals surface area contributed by atoms with Crippen LogP contribution in [0.4, 0.5) is 0 Å². The highest BCUT2D eigenvalue weighted by molar-refractivity contribution is 7.16. The summed E-state index contributed by atoms with van der Waals surface area (Å²) in [5, 5.41) is 14.7. The number of nitrogens with zero attached hydrogens (tertiary/aromatic N) is 2. The lowest BCUT2D eigenvalue weighted by Crippen LogP contribution is -2.25. The standard InChI is InChI=1S/C15H12ClN3OS2/c1-9(12-3-2-8-21-12)17-13(20)15-19-18-14(22-15)10-4-6-11(16)7-5-10/h2-9H,1H3,(H,17,20)/t9-/m1/s1. The minimum atomic E-state index is -0.210. The number of carbonyl (C=O) groups is 1. The molecule has 1 atom stereocenters. The third-order valence-electron chi connectivity index (χ3n) is 3.03. The van der Waals surface area contributed by atoms with Crippen LogP contribution in [-0.2, 0) is 0 Å². The van der Waals surface area contributed by atoms with Crippen LogP contribution in [0, 0.1) is 0 Å². The molecule has 0 fully saturated rings. The van der Waals surface area contributed by atoms with Gasteiger partial charge < -0.3 is 5.32 Å². The Morgan fingerprint density at radius 3 is 2.68 bits per heavy atom. The van der Waals surface area contributed by atoms with E-state index < -0.39 is 0 Å². The van der Waals surface area contributed by atoms with Gasteiger partial charge in [0.2, 0.25) is 5.01 Å². The smallest absolute Gasteiger partial charge is 0.282 e. The Kier molecular flexibility index (Phi) is 4.52. The molecule has 0 aliphatic heterocycles. The first kappa shape index (κ1) is 15.1. The molecule has 4 nitrogen and oxygen atoms in total. The van der Waals surface area contributed by atoms with Crippen LogP contribution in [0.25, 0.3) is 10.6 Å². The fraction of sp³-hybridized carbons (Fsp3) is 0.133. The highest BCUT2D eigenvalue weighted by Gasteiger charge is 2.17. The molecule has 1 aromatic carbocycles. The summed E-state index contributed by atoms with van der Waals surface area (Å²) in [6.07, 6.45) is 0. The van der Waals surface area contributed by atoms with Crippen LogP contribution in [-0.4, -0.2) is 16.1 Å². The van der Waals surface area contributed by atoms with E-state index in [0.717, 1.165) is 10.4 Å². The largest absolute Gasteiger partial charge is 0.343 e. The van der Waals surface area contributed by atoms with E-state index in [4.69, 9.17) is 11.6 Å². The summed E-state index contributed by atoms with van der Waals surface area (Å²) in [5.41, 5.74) is 0.896. The number of thiophene rings is 1. The van der Waals surface area contributed by atoms with Gasteiger partial charge in [0.1, 0.15) is 5.01 Å². The zero-order chi connectivity index (χ0) is 15.5. The highest BCUT2D eigenvalue weighted by atomic mass is 35.5. The molecule has 2 aromatic heterocycles. The van der Waals surface area contributed by atoms with E-state index in [1.54, 1.807) is 23.5 Å². The summed E-state index contributed by atoms with van der Waals surface area (Å²) >= 11 is 8.74. The Bertz CT molecular complexity index is 768. The third kappa shape index (κ3) is 3.35. The molecule has 7 heteroatoms. The summed E-state index contributed by atoms with van der Waals surface area (Å²) < 4.78 is 0. The summed E-state index contributed by atoms with van der Waals surface area (Å²) in [7, 11) is 0. The summed E-state index contributed by atoms with van der Waals surface area (Å²) in [6.45, 7) is 1.95. The van der Waals surface area contributed by atoms with Crippen LogP contribution in [0.2, 0.25) is 5.02 Å². The molecule has 1 N–H and O–H groups in total. The maximum absolute atomic E-state index is 12.2. The lowest BCUT2D eigenvalue weighted by Gasteiger charge is -2.10. The van der Waals surface area contributed by atoms with Gasteiger partial charge >= 0.3 is 0 Å². The minimum Gasteiger partial charge on any atom is -0.343 e. The Hall–Kier alpha value is -1.76. The number of benzene rings is 1. The Labute approximate surface area is 140 Å². The maximum atomic E-state index is 12.2. The molecule has 1 amide bonds. The van der Waals surface area contributed by atoms with Crippen LogP contribution in [0.3, 0.4) is 0 Å². The summed E-state index contributed by atoms with van der Waals surface area (Å²) in [5.74, 6) is -0.210. The molecule has 0 saturated carbocycles. The number of halogens is 1. The molecular formula is C15H12ClN3OS2. The van der Waals surface area contributed by atoms with Crippen molar-refractivity contribution in [3.05, 3.63) is 56.7 Å². The number of amides is 1. The first-order valence-corrected chi connectivity index (χ1v) is 8.64. The van der Waals surface area contributed by atoms with Gasteiger partial charge in [-0.3, -0.25) is 4.79 Å². The van der Waals surface area contributed by atoms with Crippen LogP contribution in [0.15, 0.2) is 41.8 Å². The van der Waals surface area contributed by atoms with E-state index in [1.165, 1.54) is 11.3 Å². The average Bonchev–Trinajstić information content (AvgIpc) is 3.20. The van der Waals surface area contributed by atoms with E-state index in [-0.39, 0.29) is 11.9 Å². The lowest BCUT2D eigenvalue weighted by atomic mass is 10.2. The van der Waals surface area contributed by atoms with Gasteiger partial charge in [-0.25, -0.2) is 0 Å². The van der Waals surface area contributed by atoms with Gasteiger partial charge in [-0.15, -0.1) is 21.5 Å². The molecule has 0 saturated heterocycles. The molecule has 3 aromatic rings. The summed E-state index contributed by atoms with van der Waals surface area (Å²) in [4.78, 5) is 13.3. The van der Waals surface area contributed by atoms with Gasteiger partial charge in [-0.1, -0.05) is 41.1 Å². The van der Waals surface area contributed by atoms with Crippen LogP contribution < -0.4 is 5.32 Å². The number of aromatic nitrogens is 2. The topological polar surface area (TPSA) is 54.9 Å². The van der Waals surface area contributed by atoms with Gasteiger partial charge in [0.25, 0.3) is 5.91 Å². The predicted molar refractivity (Wildman–Crippen MR) is 90.6 cm³/mol. The molecule has 0 radical (unpaired) electrons.